The van der Waals surface area contributed by atoms with Crippen LogP contribution in [0.5, 0.6) is 0 Å². The lowest BCUT2D eigenvalue weighted by Crippen LogP contribution is -2.09. The van der Waals surface area contributed by atoms with Crippen LogP contribution in [0.2, 0.25) is 0 Å². The van der Waals surface area contributed by atoms with E-state index in [1.54, 1.807) is 11.3 Å². The number of hydrogen-bond donors (Lipinski definition) is 1. The van der Waals surface area contributed by atoms with Gasteiger partial charge in [0.25, 0.3) is 6.43 Å². The van der Waals surface area contributed by atoms with E-state index in [9.17, 15) is 8.78 Å². The number of alkyl halides is 2. The molecule has 0 spiro atoms. The van der Waals surface area contributed by atoms with Gasteiger partial charge in [-0.05, 0) is 22.9 Å². The normalized spacial score (nSPS) is 11.1. The van der Waals surface area contributed by atoms with Crippen molar-refractivity contribution >= 4 is 27.1 Å². The number of nitrogens with one attached hydrogen (secondary N) is 1. The lowest BCUT2D eigenvalue weighted by molar-refractivity contribution is 0.163. The van der Waals surface area contributed by atoms with Crippen LogP contribution in [0.1, 0.15) is 0 Å². The molecule has 14 heavy (non-hydrogen) atoms. The van der Waals surface area contributed by atoms with Crippen molar-refractivity contribution in [1.82, 2.24) is 0 Å². The van der Waals surface area contributed by atoms with Gasteiger partial charge >= 0.3 is 0 Å². The maximum Gasteiger partial charge on any atom is 0.255 e. The molecule has 0 saturated heterocycles. The molecule has 1 aromatic heterocycles. The number of rotatable bonds is 3. The maximum atomic E-state index is 12.0. The second-order valence-corrected chi connectivity index (χ2v) is 3.83. The fraction of sp³-hybridized carbons (Fsp3) is 0.200. The van der Waals surface area contributed by atoms with Crippen molar-refractivity contribution in [3.63, 3.8) is 0 Å². The number of halogens is 2. The molecule has 0 saturated carbocycles. The van der Waals surface area contributed by atoms with E-state index < -0.39 is 6.43 Å². The van der Waals surface area contributed by atoms with Crippen LogP contribution in [-0.2, 0) is 0 Å². The molecule has 0 fully saturated rings. The fourth-order valence-corrected chi connectivity index (χ4v) is 2.21. The molecule has 0 aliphatic heterocycles. The summed E-state index contributed by atoms with van der Waals surface area (Å²) in [7, 11) is 0. The monoisotopic (exact) mass is 213 g/mol. The number of thiophene rings is 1. The zero-order chi connectivity index (χ0) is 9.97. The molecule has 0 atom stereocenters. The summed E-state index contributed by atoms with van der Waals surface area (Å²) in [5.41, 5.74) is 0.790. The molecule has 0 bridgehead atoms. The van der Waals surface area contributed by atoms with E-state index in [2.05, 4.69) is 5.32 Å². The van der Waals surface area contributed by atoms with Gasteiger partial charge in [0.15, 0.2) is 0 Å². The molecule has 1 nitrogen and oxygen atoms in total. The van der Waals surface area contributed by atoms with Crippen molar-refractivity contribution in [2.45, 2.75) is 6.43 Å². The Balaban J connectivity index is 2.27. The molecular weight excluding hydrogens is 204 g/mol. The van der Waals surface area contributed by atoms with Crippen LogP contribution in [0.4, 0.5) is 14.5 Å². The molecule has 0 radical (unpaired) electrons. The third kappa shape index (κ3) is 1.85. The topological polar surface area (TPSA) is 12.0 Å². The highest BCUT2D eigenvalue weighted by Crippen LogP contribution is 2.28. The molecule has 74 valence electrons. The zero-order valence-corrected chi connectivity index (χ0v) is 8.15. The molecule has 0 aliphatic rings. The molecule has 2 aromatic rings. The molecule has 1 heterocycles. The molecule has 0 unspecified atom stereocenters. The standard InChI is InChI=1S/C10H9F2NS/c11-9(12)6-13-8-3-1-2-7-4-5-14-10(7)8/h1-5,9,13H,6H2. The van der Waals surface area contributed by atoms with E-state index >= 15 is 0 Å². The summed E-state index contributed by atoms with van der Waals surface area (Å²) in [5, 5.41) is 5.78. The number of hydrogen-bond acceptors (Lipinski definition) is 2. The average Bonchev–Trinajstić information content (AvgIpc) is 2.62. The Kier molecular flexibility index (Phi) is 2.63. The Morgan fingerprint density at radius 1 is 1.29 bits per heavy atom. The Labute approximate surface area is 84.4 Å². The lowest BCUT2D eigenvalue weighted by Gasteiger charge is -2.06. The Bertz CT molecular complexity index is 425. The van der Waals surface area contributed by atoms with Gasteiger partial charge in [-0.15, -0.1) is 11.3 Å². The molecular formula is C10H9F2NS. The van der Waals surface area contributed by atoms with Crippen molar-refractivity contribution in [3.8, 4) is 0 Å². The summed E-state index contributed by atoms with van der Waals surface area (Å²) < 4.78 is 25.0. The first-order valence-electron chi connectivity index (χ1n) is 4.25. The number of fused-ring (bicyclic) bond motifs is 1. The minimum absolute atomic E-state index is 0.295. The van der Waals surface area contributed by atoms with Crippen molar-refractivity contribution < 1.29 is 8.78 Å². The average molecular weight is 213 g/mol. The van der Waals surface area contributed by atoms with Gasteiger partial charge in [0.1, 0.15) is 0 Å². The minimum Gasteiger partial charge on any atom is -0.378 e. The highest BCUT2D eigenvalue weighted by molar-refractivity contribution is 7.17. The summed E-state index contributed by atoms with van der Waals surface area (Å²) in [6, 6.07) is 7.64. The van der Waals surface area contributed by atoms with E-state index in [-0.39, 0.29) is 6.54 Å². The molecule has 4 heteroatoms. The summed E-state index contributed by atoms with van der Waals surface area (Å²) in [5.74, 6) is 0. The third-order valence-corrected chi connectivity index (χ3v) is 2.89. The first-order valence-corrected chi connectivity index (χ1v) is 5.13. The van der Waals surface area contributed by atoms with Crippen molar-refractivity contribution in [3.05, 3.63) is 29.6 Å². The van der Waals surface area contributed by atoms with Gasteiger partial charge in [0.05, 0.1) is 16.9 Å². The second kappa shape index (κ2) is 3.92. The van der Waals surface area contributed by atoms with Crippen LogP contribution in [0.15, 0.2) is 29.6 Å². The van der Waals surface area contributed by atoms with Crippen molar-refractivity contribution in [2.75, 3.05) is 11.9 Å². The number of anilines is 1. The van der Waals surface area contributed by atoms with Crippen molar-refractivity contribution in [2.24, 2.45) is 0 Å². The first-order chi connectivity index (χ1) is 6.77. The van der Waals surface area contributed by atoms with Crippen LogP contribution in [0, 0.1) is 0 Å². The van der Waals surface area contributed by atoms with Crippen LogP contribution in [0.25, 0.3) is 10.1 Å². The van der Waals surface area contributed by atoms with Gasteiger partial charge in [-0.2, -0.15) is 0 Å². The van der Waals surface area contributed by atoms with E-state index in [1.165, 1.54) is 0 Å². The molecule has 0 aliphatic carbocycles. The summed E-state index contributed by atoms with van der Waals surface area (Å²) in [6.45, 7) is -0.295. The number of benzene rings is 1. The van der Waals surface area contributed by atoms with Crippen LogP contribution in [0.3, 0.4) is 0 Å². The predicted molar refractivity (Wildman–Crippen MR) is 56.3 cm³/mol. The van der Waals surface area contributed by atoms with Gasteiger partial charge < -0.3 is 5.32 Å². The van der Waals surface area contributed by atoms with Gasteiger partial charge in [0.2, 0.25) is 0 Å². The molecule has 1 aromatic carbocycles. The Hall–Kier alpha value is -1.16. The third-order valence-electron chi connectivity index (χ3n) is 1.93. The highest BCUT2D eigenvalue weighted by atomic mass is 32.1. The Morgan fingerprint density at radius 3 is 2.93 bits per heavy atom. The van der Waals surface area contributed by atoms with Crippen LogP contribution >= 0.6 is 11.3 Å². The van der Waals surface area contributed by atoms with Crippen LogP contribution < -0.4 is 5.32 Å². The highest BCUT2D eigenvalue weighted by Gasteiger charge is 2.04. The molecule has 0 amide bonds. The largest absolute Gasteiger partial charge is 0.378 e. The summed E-state index contributed by atoms with van der Waals surface area (Å²) in [4.78, 5) is 0. The summed E-state index contributed by atoms with van der Waals surface area (Å²) in [6.07, 6.45) is -2.31. The van der Waals surface area contributed by atoms with Gasteiger partial charge in [-0.3, -0.25) is 0 Å². The van der Waals surface area contributed by atoms with Gasteiger partial charge in [-0.25, -0.2) is 8.78 Å². The van der Waals surface area contributed by atoms with Gasteiger partial charge in [0, 0.05) is 0 Å². The Morgan fingerprint density at radius 2 is 2.14 bits per heavy atom. The molecule has 1 N–H and O–H groups in total. The first kappa shape index (κ1) is 9.40. The minimum atomic E-state index is -2.31. The lowest BCUT2D eigenvalue weighted by atomic mass is 10.2. The molecule has 2 rings (SSSR count). The SMILES string of the molecule is FC(F)CNc1cccc2ccsc12. The van der Waals surface area contributed by atoms with E-state index in [0.717, 1.165) is 15.8 Å². The quantitative estimate of drug-likeness (QED) is 0.821. The smallest absolute Gasteiger partial charge is 0.255 e. The van der Waals surface area contributed by atoms with Gasteiger partial charge in [-0.1, -0.05) is 12.1 Å². The van der Waals surface area contributed by atoms with E-state index in [4.69, 9.17) is 0 Å². The van der Waals surface area contributed by atoms with Crippen molar-refractivity contribution in [1.29, 1.82) is 0 Å². The second-order valence-electron chi connectivity index (χ2n) is 2.92. The maximum absolute atomic E-state index is 12.0. The summed E-state index contributed by atoms with van der Waals surface area (Å²) >= 11 is 1.56. The van der Waals surface area contributed by atoms with E-state index in [0.29, 0.717) is 0 Å². The van der Waals surface area contributed by atoms with E-state index in [1.807, 2.05) is 29.6 Å². The predicted octanol–water partition coefficient (Wildman–Crippen LogP) is 3.58. The zero-order valence-electron chi connectivity index (χ0n) is 7.34. The van der Waals surface area contributed by atoms with Crippen LogP contribution in [-0.4, -0.2) is 13.0 Å². The fourth-order valence-electron chi connectivity index (χ4n) is 1.32.